The van der Waals surface area contributed by atoms with Crippen LogP contribution >= 0.6 is 0 Å². The number of aryl methyl sites for hydroxylation is 2. The molecule has 0 aliphatic carbocycles. The van der Waals surface area contributed by atoms with E-state index in [0.717, 1.165) is 5.56 Å². The third-order valence-electron chi connectivity index (χ3n) is 3.35. The Morgan fingerprint density at radius 2 is 1.50 bits per heavy atom. The third kappa shape index (κ3) is 2.28. The molecule has 20 heavy (non-hydrogen) atoms. The minimum Gasteiger partial charge on any atom is -0.267 e. The maximum Gasteiger partial charge on any atom is 0.273 e. The standard InChI is InChI=1S/C16H14N2O2/c19-15-13-8-4-5-9-14(13)16(20)18(17-15)11-10-12-6-2-1-3-7-12/h1-9H,10-11H2,(H,17,19). The highest BCUT2D eigenvalue weighted by Gasteiger charge is 2.06. The van der Waals surface area contributed by atoms with E-state index >= 15 is 0 Å². The van der Waals surface area contributed by atoms with Crippen LogP contribution in [0.1, 0.15) is 5.56 Å². The van der Waals surface area contributed by atoms with Crippen molar-refractivity contribution in [2.75, 3.05) is 0 Å². The highest BCUT2D eigenvalue weighted by Crippen LogP contribution is 2.04. The van der Waals surface area contributed by atoms with E-state index in [-0.39, 0.29) is 11.1 Å². The van der Waals surface area contributed by atoms with Gasteiger partial charge in [-0.2, -0.15) is 0 Å². The first kappa shape index (κ1) is 12.4. The second kappa shape index (κ2) is 5.17. The topological polar surface area (TPSA) is 54.9 Å². The molecule has 3 aromatic rings. The second-order valence-electron chi connectivity index (χ2n) is 4.68. The quantitative estimate of drug-likeness (QED) is 0.787. The maximum absolute atomic E-state index is 12.3. The number of hydrogen-bond acceptors (Lipinski definition) is 2. The molecule has 0 radical (unpaired) electrons. The van der Waals surface area contributed by atoms with E-state index in [0.29, 0.717) is 23.7 Å². The van der Waals surface area contributed by atoms with E-state index in [4.69, 9.17) is 0 Å². The summed E-state index contributed by atoms with van der Waals surface area (Å²) in [6, 6.07) is 16.8. The van der Waals surface area contributed by atoms with E-state index in [9.17, 15) is 9.59 Å². The number of aromatic amines is 1. The minimum atomic E-state index is -0.228. The summed E-state index contributed by atoms with van der Waals surface area (Å²) in [6.07, 6.45) is 0.703. The molecule has 4 heteroatoms. The first-order chi connectivity index (χ1) is 9.75. The zero-order valence-corrected chi connectivity index (χ0v) is 10.9. The normalized spacial score (nSPS) is 10.8. The summed E-state index contributed by atoms with van der Waals surface area (Å²) in [5, 5.41) is 3.54. The van der Waals surface area contributed by atoms with E-state index in [2.05, 4.69) is 5.10 Å². The lowest BCUT2D eigenvalue weighted by atomic mass is 10.1. The molecule has 0 amide bonds. The molecule has 0 saturated heterocycles. The summed E-state index contributed by atoms with van der Waals surface area (Å²) in [5.41, 5.74) is 0.748. The van der Waals surface area contributed by atoms with Gasteiger partial charge in [-0.15, -0.1) is 0 Å². The Morgan fingerprint density at radius 3 is 2.25 bits per heavy atom. The molecular weight excluding hydrogens is 252 g/mol. The van der Waals surface area contributed by atoms with Gasteiger partial charge in [-0.05, 0) is 24.1 Å². The SMILES string of the molecule is O=c1[nH]n(CCc2ccccc2)c(=O)c2ccccc12. The van der Waals surface area contributed by atoms with Gasteiger partial charge in [-0.1, -0.05) is 42.5 Å². The van der Waals surface area contributed by atoms with E-state index in [1.54, 1.807) is 24.3 Å². The Kier molecular flexibility index (Phi) is 3.21. The second-order valence-corrected chi connectivity index (χ2v) is 4.68. The average molecular weight is 266 g/mol. The minimum absolute atomic E-state index is 0.156. The third-order valence-corrected chi connectivity index (χ3v) is 3.35. The summed E-state index contributed by atoms with van der Waals surface area (Å²) in [4.78, 5) is 24.2. The van der Waals surface area contributed by atoms with Crippen molar-refractivity contribution in [1.29, 1.82) is 0 Å². The maximum atomic E-state index is 12.3. The number of rotatable bonds is 3. The van der Waals surface area contributed by atoms with Gasteiger partial charge in [-0.3, -0.25) is 14.7 Å². The zero-order valence-electron chi connectivity index (χ0n) is 10.9. The number of nitrogens with zero attached hydrogens (tertiary/aromatic N) is 1. The van der Waals surface area contributed by atoms with Crippen LogP contribution in [0.3, 0.4) is 0 Å². The molecule has 0 aliphatic heterocycles. The average Bonchev–Trinajstić information content (AvgIpc) is 2.50. The summed E-state index contributed by atoms with van der Waals surface area (Å²) in [6.45, 7) is 0.461. The molecule has 4 nitrogen and oxygen atoms in total. The molecule has 0 fully saturated rings. The Balaban J connectivity index is 1.99. The van der Waals surface area contributed by atoms with Gasteiger partial charge >= 0.3 is 0 Å². The summed E-state index contributed by atoms with van der Waals surface area (Å²) < 4.78 is 1.39. The summed E-state index contributed by atoms with van der Waals surface area (Å²) >= 11 is 0. The lowest BCUT2D eigenvalue weighted by molar-refractivity contribution is 0.577. The molecule has 0 saturated carbocycles. The van der Waals surface area contributed by atoms with Crippen molar-refractivity contribution in [3.8, 4) is 0 Å². The fraction of sp³-hybridized carbons (Fsp3) is 0.125. The molecule has 1 aromatic heterocycles. The number of aromatic nitrogens is 2. The summed E-state index contributed by atoms with van der Waals surface area (Å²) in [7, 11) is 0. The van der Waals surface area contributed by atoms with Crippen LogP contribution in [0.4, 0.5) is 0 Å². The number of H-pyrrole nitrogens is 1. The van der Waals surface area contributed by atoms with Gasteiger partial charge in [0.1, 0.15) is 0 Å². The van der Waals surface area contributed by atoms with E-state index in [1.165, 1.54) is 4.68 Å². The summed E-state index contributed by atoms with van der Waals surface area (Å²) in [5.74, 6) is 0. The van der Waals surface area contributed by atoms with Crippen molar-refractivity contribution in [2.45, 2.75) is 13.0 Å². The van der Waals surface area contributed by atoms with Crippen LogP contribution in [0.25, 0.3) is 10.8 Å². The number of hydrogen-bond donors (Lipinski definition) is 1. The van der Waals surface area contributed by atoms with Crippen LogP contribution in [-0.4, -0.2) is 9.78 Å². The van der Waals surface area contributed by atoms with Crippen LogP contribution in [0.15, 0.2) is 64.2 Å². The molecule has 0 aliphatic rings. The molecule has 2 aromatic carbocycles. The first-order valence-corrected chi connectivity index (χ1v) is 6.51. The van der Waals surface area contributed by atoms with Crippen LogP contribution in [0, 0.1) is 0 Å². The highest BCUT2D eigenvalue weighted by molar-refractivity contribution is 5.80. The molecule has 1 N–H and O–H groups in total. The Labute approximate surface area is 115 Å². The number of benzene rings is 2. The Bertz CT molecular complexity index is 847. The molecular formula is C16H14N2O2. The first-order valence-electron chi connectivity index (χ1n) is 6.51. The fourth-order valence-electron chi connectivity index (χ4n) is 2.29. The van der Waals surface area contributed by atoms with E-state index < -0.39 is 0 Å². The van der Waals surface area contributed by atoms with Crippen molar-refractivity contribution >= 4 is 10.8 Å². The van der Waals surface area contributed by atoms with Crippen molar-refractivity contribution in [3.05, 3.63) is 80.9 Å². The molecule has 0 spiro atoms. The lowest BCUT2D eigenvalue weighted by Crippen LogP contribution is -2.30. The smallest absolute Gasteiger partial charge is 0.267 e. The van der Waals surface area contributed by atoms with Crippen LogP contribution < -0.4 is 11.1 Å². The van der Waals surface area contributed by atoms with Gasteiger partial charge in [0.15, 0.2) is 0 Å². The molecule has 3 rings (SSSR count). The largest absolute Gasteiger partial charge is 0.273 e. The van der Waals surface area contributed by atoms with Crippen LogP contribution in [-0.2, 0) is 13.0 Å². The van der Waals surface area contributed by atoms with Gasteiger partial charge < -0.3 is 0 Å². The van der Waals surface area contributed by atoms with Crippen LogP contribution in [0.2, 0.25) is 0 Å². The Morgan fingerprint density at radius 1 is 0.850 bits per heavy atom. The van der Waals surface area contributed by atoms with Crippen molar-refractivity contribution in [2.24, 2.45) is 0 Å². The van der Waals surface area contributed by atoms with Crippen molar-refractivity contribution < 1.29 is 0 Å². The van der Waals surface area contributed by atoms with Crippen molar-refractivity contribution in [1.82, 2.24) is 9.78 Å². The van der Waals surface area contributed by atoms with Gasteiger partial charge in [0.2, 0.25) is 0 Å². The number of fused-ring (bicyclic) bond motifs is 1. The monoisotopic (exact) mass is 266 g/mol. The molecule has 1 heterocycles. The van der Waals surface area contributed by atoms with Crippen LogP contribution in [0.5, 0.6) is 0 Å². The zero-order chi connectivity index (χ0) is 13.9. The predicted molar refractivity (Wildman–Crippen MR) is 79.0 cm³/mol. The van der Waals surface area contributed by atoms with Gasteiger partial charge in [0, 0.05) is 6.54 Å². The fourth-order valence-corrected chi connectivity index (χ4v) is 2.29. The lowest BCUT2D eigenvalue weighted by Gasteiger charge is -2.07. The van der Waals surface area contributed by atoms with Gasteiger partial charge in [-0.25, -0.2) is 4.68 Å². The molecule has 0 unspecified atom stereocenters. The van der Waals surface area contributed by atoms with E-state index in [1.807, 2.05) is 30.3 Å². The Hall–Kier alpha value is -2.62. The molecule has 0 bridgehead atoms. The number of nitrogens with one attached hydrogen (secondary N) is 1. The van der Waals surface area contributed by atoms with Gasteiger partial charge in [0.05, 0.1) is 10.8 Å². The van der Waals surface area contributed by atoms with Crippen molar-refractivity contribution in [3.63, 3.8) is 0 Å². The predicted octanol–water partition coefficient (Wildman–Crippen LogP) is 1.93. The van der Waals surface area contributed by atoms with Gasteiger partial charge in [0.25, 0.3) is 11.1 Å². The highest BCUT2D eigenvalue weighted by atomic mass is 16.2. The molecule has 100 valence electrons. The molecule has 0 atom stereocenters.